The first-order chi connectivity index (χ1) is 13.3. The highest BCUT2D eigenvalue weighted by atomic mass is 16.3. The second kappa shape index (κ2) is 8.61. The van der Waals surface area contributed by atoms with Crippen LogP contribution in [0.5, 0.6) is 0 Å². The van der Waals surface area contributed by atoms with Gasteiger partial charge >= 0.3 is 6.03 Å². The van der Waals surface area contributed by atoms with Crippen LogP contribution in [-0.4, -0.2) is 30.6 Å². The van der Waals surface area contributed by atoms with E-state index in [4.69, 9.17) is 4.42 Å². The van der Waals surface area contributed by atoms with Gasteiger partial charge in [-0.25, -0.2) is 4.79 Å². The average molecular weight is 367 g/mol. The topological polar surface area (TPSA) is 57.5 Å². The summed E-state index contributed by atoms with van der Waals surface area (Å²) >= 11 is 0. The number of amides is 2. The standard InChI is InChI=1S/C22H29N3O2/c26-22(24-21(18-11-12-18)17-8-3-1-4-9-17)23-16-19(20-10-7-15-27-20)25-13-5-2-6-14-25/h1,3-4,7-10,15,18-19,21H,2,5-6,11-14,16H2,(H2,23,24,26). The largest absolute Gasteiger partial charge is 0.468 e. The Kier molecular flexibility index (Phi) is 5.78. The monoisotopic (exact) mass is 367 g/mol. The third kappa shape index (κ3) is 4.72. The van der Waals surface area contributed by atoms with Gasteiger partial charge in [0.05, 0.1) is 18.3 Å². The zero-order valence-corrected chi connectivity index (χ0v) is 15.8. The number of furan rings is 1. The molecule has 1 aliphatic heterocycles. The Labute approximate surface area is 161 Å². The molecule has 1 aromatic heterocycles. The van der Waals surface area contributed by atoms with Crippen molar-refractivity contribution in [3.05, 3.63) is 60.1 Å². The maximum atomic E-state index is 12.6. The SMILES string of the molecule is O=C(NCC(c1ccco1)N1CCCCC1)NC(c1ccccc1)C1CC1. The summed E-state index contributed by atoms with van der Waals surface area (Å²) < 4.78 is 5.67. The summed E-state index contributed by atoms with van der Waals surface area (Å²) in [7, 11) is 0. The van der Waals surface area contributed by atoms with E-state index in [0.717, 1.165) is 18.8 Å². The van der Waals surface area contributed by atoms with Crippen LogP contribution in [0.25, 0.3) is 0 Å². The molecule has 144 valence electrons. The van der Waals surface area contributed by atoms with Crippen molar-refractivity contribution in [2.75, 3.05) is 19.6 Å². The molecule has 2 N–H and O–H groups in total. The molecule has 0 radical (unpaired) electrons. The molecule has 0 bridgehead atoms. The number of carbonyl (C=O) groups is 1. The molecule has 2 atom stereocenters. The highest BCUT2D eigenvalue weighted by molar-refractivity contribution is 5.74. The number of nitrogens with one attached hydrogen (secondary N) is 2. The molecule has 2 fully saturated rings. The molecule has 2 amide bonds. The fourth-order valence-electron chi connectivity index (χ4n) is 4.07. The number of hydrogen-bond donors (Lipinski definition) is 2. The second-order valence-electron chi connectivity index (χ2n) is 7.71. The number of rotatable bonds is 7. The lowest BCUT2D eigenvalue weighted by atomic mass is 10.0. The number of hydrogen-bond acceptors (Lipinski definition) is 3. The number of nitrogens with zero attached hydrogens (tertiary/aromatic N) is 1. The van der Waals surface area contributed by atoms with Gasteiger partial charge in [0.2, 0.25) is 0 Å². The van der Waals surface area contributed by atoms with Crippen LogP contribution < -0.4 is 10.6 Å². The number of likely N-dealkylation sites (tertiary alicyclic amines) is 1. The molecule has 1 aliphatic carbocycles. The van der Waals surface area contributed by atoms with Gasteiger partial charge in [0.25, 0.3) is 0 Å². The fraction of sp³-hybridized carbons (Fsp3) is 0.500. The molecule has 2 aliphatic rings. The zero-order valence-electron chi connectivity index (χ0n) is 15.8. The lowest BCUT2D eigenvalue weighted by molar-refractivity contribution is 0.143. The predicted octanol–water partition coefficient (Wildman–Crippen LogP) is 4.26. The Bertz CT molecular complexity index is 706. The first-order valence-corrected chi connectivity index (χ1v) is 10.2. The Morgan fingerprint density at radius 1 is 1.07 bits per heavy atom. The summed E-state index contributed by atoms with van der Waals surface area (Å²) in [5.74, 6) is 1.49. The van der Waals surface area contributed by atoms with Crippen molar-refractivity contribution in [3.8, 4) is 0 Å². The molecule has 4 rings (SSSR count). The summed E-state index contributed by atoms with van der Waals surface area (Å²) in [6, 6.07) is 14.3. The molecule has 5 nitrogen and oxygen atoms in total. The van der Waals surface area contributed by atoms with E-state index < -0.39 is 0 Å². The van der Waals surface area contributed by atoms with E-state index in [-0.39, 0.29) is 18.1 Å². The highest BCUT2D eigenvalue weighted by Crippen LogP contribution is 2.40. The molecule has 2 aromatic rings. The number of carbonyl (C=O) groups excluding carboxylic acids is 1. The highest BCUT2D eigenvalue weighted by Gasteiger charge is 2.33. The molecular weight excluding hydrogens is 338 g/mol. The van der Waals surface area contributed by atoms with Gasteiger partial charge in [-0.15, -0.1) is 0 Å². The quantitative estimate of drug-likeness (QED) is 0.769. The van der Waals surface area contributed by atoms with Crippen molar-refractivity contribution in [1.82, 2.24) is 15.5 Å². The number of piperidine rings is 1. The van der Waals surface area contributed by atoms with Crippen molar-refractivity contribution in [3.63, 3.8) is 0 Å². The Morgan fingerprint density at radius 2 is 1.85 bits per heavy atom. The van der Waals surface area contributed by atoms with Crippen LogP contribution in [0.1, 0.15) is 55.5 Å². The van der Waals surface area contributed by atoms with Gasteiger partial charge in [-0.2, -0.15) is 0 Å². The van der Waals surface area contributed by atoms with Gasteiger partial charge in [0.15, 0.2) is 0 Å². The predicted molar refractivity (Wildman–Crippen MR) is 105 cm³/mol. The summed E-state index contributed by atoms with van der Waals surface area (Å²) in [5.41, 5.74) is 1.19. The minimum absolute atomic E-state index is 0.0932. The molecule has 27 heavy (non-hydrogen) atoms. The van der Waals surface area contributed by atoms with Gasteiger partial charge in [-0.1, -0.05) is 36.8 Å². The lowest BCUT2D eigenvalue weighted by Crippen LogP contribution is -2.44. The van der Waals surface area contributed by atoms with Crippen molar-refractivity contribution in [2.45, 2.75) is 44.2 Å². The molecule has 1 saturated heterocycles. The minimum Gasteiger partial charge on any atom is -0.468 e. The second-order valence-corrected chi connectivity index (χ2v) is 7.71. The molecule has 0 spiro atoms. The van der Waals surface area contributed by atoms with Crippen LogP contribution in [-0.2, 0) is 0 Å². The first-order valence-electron chi connectivity index (χ1n) is 10.2. The Hall–Kier alpha value is -2.27. The van der Waals surface area contributed by atoms with Crippen molar-refractivity contribution >= 4 is 6.03 Å². The molecule has 2 unspecified atom stereocenters. The summed E-state index contributed by atoms with van der Waals surface area (Å²) in [5, 5.41) is 6.30. The molecule has 2 heterocycles. The Balaban J connectivity index is 1.37. The minimum atomic E-state index is -0.0932. The van der Waals surface area contributed by atoms with Gasteiger partial charge < -0.3 is 15.1 Å². The lowest BCUT2D eigenvalue weighted by Gasteiger charge is -2.33. The third-order valence-corrected chi connectivity index (χ3v) is 5.70. The van der Waals surface area contributed by atoms with E-state index in [0.29, 0.717) is 12.5 Å². The molecular formula is C22H29N3O2. The van der Waals surface area contributed by atoms with E-state index in [2.05, 4.69) is 27.7 Å². The van der Waals surface area contributed by atoms with E-state index in [9.17, 15) is 4.79 Å². The number of urea groups is 1. The zero-order chi connectivity index (χ0) is 18.5. The third-order valence-electron chi connectivity index (χ3n) is 5.70. The van der Waals surface area contributed by atoms with Gasteiger partial charge in [0, 0.05) is 6.54 Å². The summed E-state index contributed by atoms with van der Waals surface area (Å²) in [6.07, 6.45) is 7.79. The maximum absolute atomic E-state index is 12.6. The van der Waals surface area contributed by atoms with E-state index >= 15 is 0 Å². The van der Waals surface area contributed by atoms with Crippen LogP contribution in [0, 0.1) is 5.92 Å². The van der Waals surface area contributed by atoms with Crippen LogP contribution in [0.2, 0.25) is 0 Å². The normalized spacial score (nSPS) is 20.0. The fourth-order valence-corrected chi connectivity index (χ4v) is 4.07. The van der Waals surface area contributed by atoms with Crippen LogP contribution in [0.4, 0.5) is 4.79 Å². The van der Waals surface area contributed by atoms with Crippen molar-refractivity contribution in [1.29, 1.82) is 0 Å². The van der Waals surface area contributed by atoms with E-state index in [1.807, 2.05) is 30.3 Å². The van der Waals surface area contributed by atoms with Crippen LogP contribution >= 0.6 is 0 Å². The van der Waals surface area contributed by atoms with Gasteiger partial charge in [-0.05, 0) is 62.4 Å². The molecule has 5 heteroatoms. The van der Waals surface area contributed by atoms with Crippen molar-refractivity contribution in [2.24, 2.45) is 5.92 Å². The average Bonchev–Trinajstić information content (AvgIpc) is 3.42. The van der Waals surface area contributed by atoms with Crippen LogP contribution in [0.15, 0.2) is 53.1 Å². The van der Waals surface area contributed by atoms with Crippen molar-refractivity contribution < 1.29 is 9.21 Å². The first kappa shape index (κ1) is 18.1. The smallest absolute Gasteiger partial charge is 0.315 e. The summed E-state index contributed by atoms with van der Waals surface area (Å²) in [4.78, 5) is 15.1. The van der Waals surface area contributed by atoms with Crippen LogP contribution in [0.3, 0.4) is 0 Å². The Morgan fingerprint density at radius 3 is 2.52 bits per heavy atom. The molecule has 1 saturated carbocycles. The summed E-state index contributed by atoms with van der Waals surface area (Å²) in [6.45, 7) is 2.68. The van der Waals surface area contributed by atoms with E-state index in [1.54, 1.807) is 6.26 Å². The number of benzene rings is 1. The van der Waals surface area contributed by atoms with Gasteiger partial charge in [0.1, 0.15) is 5.76 Å². The molecule has 1 aromatic carbocycles. The van der Waals surface area contributed by atoms with E-state index in [1.165, 1.54) is 37.7 Å². The maximum Gasteiger partial charge on any atom is 0.315 e. The van der Waals surface area contributed by atoms with Gasteiger partial charge in [-0.3, -0.25) is 4.90 Å².